The van der Waals surface area contributed by atoms with Gasteiger partial charge in [-0.25, -0.2) is 0 Å². The molecule has 1 N–H and O–H groups in total. The number of anilines is 1. The highest BCUT2D eigenvalue weighted by atomic mass is 32.2. The number of ether oxygens (including phenoxy) is 2. The van der Waals surface area contributed by atoms with Crippen LogP contribution in [0.5, 0.6) is 0 Å². The van der Waals surface area contributed by atoms with Gasteiger partial charge in [0.1, 0.15) is 8.64 Å². The van der Waals surface area contributed by atoms with Gasteiger partial charge in [-0.1, -0.05) is 103 Å². The summed E-state index contributed by atoms with van der Waals surface area (Å²) in [6.45, 7) is 2.08. The number of nitrogens with zero attached hydrogens (tertiary/aromatic N) is 3. The Bertz CT molecular complexity index is 1520. The molecular formula is C34H38N4O6S4. The van der Waals surface area contributed by atoms with Crippen molar-refractivity contribution in [2.45, 2.75) is 38.3 Å². The van der Waals surface area contributed by atoms with Crippen molar-refractivity contribution >= 4 is 98.1 Å². The van der Waals surface area contributed by atoms with E-state index in [1.165, 1.54) is 23.5 Å². The van der Waals surface area contributed by atoms with Crippen molar-refractivity contribution in [2.24, 2.45) is 0 Å². The molecule has 2 fully saturated rings. The van der Waals surface area contributed by atoms with Crippen LogP contribution in [-0.2, 0) is 35.2 Å². The van der Waals surface area contributed by atoms with Gasteiger partial charge in [-0.3, -0.25) is 29.0 Å². The third kappa shape index (κ3) is 9.95. The third-order valence-electron chi connectivity index (χ3n) is 7.97. The maximum absolute atomic E-state index is 13.6. The minimum absolute atomic E-state index is 0.00496. The van der Waals surface area contributed by atoms with Gasteiger partial charge in [-0.05, 0) is 22.8 Å². The molecule has 14 heteroatoms. The third-order valence-corrected chi connectivity index (χ3v) is 10.8. The van der Waals surface area contributed by atoms with Gasteiger partial charge in [0.25, 0.3) is 0 Å². The van der Waals surface area contributed by atoms with Gasteiger partial charge in [0.2, 0.25) is 23.6 Å². The lowest BCUT2D eigenvalue weighted by Crippen LogP contribution is -2.42. The highest BCUT2D eigenvalue weighted by Gasteiger charge is 2.26. The second-order valence-electron chi connectivity index (χ2n) is 11.3. The fraction of sp³-hybridized carbons (Fsp3) is 0.412. The zero-order valence-electron chi connectivity index (χ0n) is 26.5. The van der Waals surface area contributed by atoms with Gasteiger partial charge in [0.15, 0.2) is 0 Å². The zero-order valence-corrected chi connectivity index (χ0v) is 29.7. The molecule has 3 aliphatic rings. The summed E-state index contributed by atoms with van der Waals surface area (Å²) < 4.78 is 12.7. The zero-order chi connectivity index (χ0) is 33.9. The predicted octanol–water partition coefficient (Wildman–Crippen LogP) is 4.50. The maximum atomic E-state index is 13.6. The topological polar surface area (TPSA) is 108 Å². The number of para-hydroxylation sites is 1. The summed E-state index contributed by atoms with van der Waals surface area (Å²) in [5.41, 5.74) is 3.77. The Hall–Kier alpha value is -3.14. The van der Waals surface area contributed by atoms with Crippen LogP contribution in [0.3, 0.4) is 0 Å². The van der Waals surface area contributed by atoms with Gasteiger partial charge in [0.05, 0.1) is 57.5 Å². The molecule has 3 aliphatic heterocycles. The molecule has 0 saturated carbocycles. The highest BCUT2D eigenvalue weighted by Crippen LogP contribution is 2.29. The van der Waals surface area contributed by atoms with Gasteiger partial charge < -0.3 is 19.7 Å². The summed E-state index contributed by atoms with van der Waals surface area (Å²) in [5.74, 6) is 0.895. The molecule has 3 heterocycles. The quantitative estimate of drug-likeness (QED) is 0.221. The first-order valence-electron chi connectivity index (χ1n) is 15.8. The van der Waals surface area contributed by atoms with Crippen LogP contribution in [-0.4, -0.2) is 99.1 Å². The van der Waals surface area contributed by atoms with Crippen LogP contribution < -0.4 is 10.2 Å². The van der Waals surface area contributed by atoms with Crippen molar-refractivity contribution in [3.63, 3.8) is 0 Å². The van der Waals surface area contributed by atoms with Crippen molar-refractivity contribution in [1.82, 2.24) is 15.1 Å². The molecular weight excluding hydrogens is 689 g/mol. The smallest absolute Gasteiger partial charge is 0.230 e. The van der Waals surface area contributed by atoms with Crippen LogP contribution in [0.4, 0.5) is 5.69 Å². The van der Waals surface area contributed by atoms with E-state index in [1.54, 1.807) is 14.7 Å². The molecule has 0 unspecified atom stereocenters. The van der Waals surface area contributed by atoms with Crippen molar-refractivity contribution in [2.75, 3.05) is 55.9 Å². The van der Waals surface area contributed by atoms with Gasteiger partial charge in [-0.2, -0.15) is 0 Å². The van der Waals surface area contributed by atoms with E-state index in [1.807, 2.05) is 54.6 Å². The lowest BCUT2D eigenvalue weighted by molar-refractivity contribution is -0.129. The maximum Gasteiger partial charge on any atom is 0.230 e. The average Bonchev–Trinajstić information content (AvgIpc) is 3.72. The van der Waals surface area contributed by atoms with Crippen LogP contribution in [0.15, 0.2) is 48.5 Å². The van der Waals surface area contributed by atoms with Crippen LogP contribution >= 0.6 is 48.0 Å². The molecule has 0 spiro atoms. The van der Waals surface area contributed by atoms with Crippen LogP contribution in [0.2, 0.25) is 0 Å². The molecule has 0 bridgehead atoms. The van der Waals surface area contributed by atoms with Gasteiger partial charge >= 0.3 is 0 Å². The van der Waals surface area contributed by atoms with E-state index in [9.17, 15) is 19.2 Å². The van der Waals surface area contributed by atoms with Gasteiger partial charge in [0, 0.05) is 37.4 Å². The summed E-state index contributed by atoms with van der Waals surface area (Å²) in [6, 6.07) is 15.1. The molecule has 0 aliphatic carbocycles. The van der Waals surface area contributed by atoms with E-state index in [-0.39, 0.29) is 75.7 Å². The second-order valence-corrected chi connectivity index (χ2v) is 14.8. The number of thioether (sulfide) groups is 2. The fourth-order valence-corrected chi connectivity index (χ4v) is 7.92. The lowest BCUT2D eigenvalue weighted by Gasteiger charge is -2.27. The first-order valence-corrected chi connectivity index (χ1v) is 18.6. The van der Waals surface area contributed by atoms with E-state index in [4.69, 9.17) is 33.9 Å². The molecule has 48 heavy (non-hydrogen) atoms. The molecule has 2 aromatic rings. The average molecular weight is 727 g/mol. The number of carbonyl (C=O) groups excluding carboxylic acids is 4. The number of thiocarbonyl (C=S) groups is 2. The predicted molar refractivity (Wildman–Crippen MR) is 199 cm³/mol. The molecule has 10 nitrogen and oxygen atoms in total. The summed E-state index contributed by atoms with van der Waals surface area (Å²) in [5, 5.41) is 2.92. The molecule has 0 aromatic heterocycles. The Kier molecular flexibility index (Phi) is 13.6. The first-order chi connectivity index (χ1) is 23.3. The monoisotopic (exact) mass is 726 g/mol. The first kappa shape index (κ1) is 36.1. The number of hydrogen-bond acceptors (Lipinski definition) is 10. The van der Waals surface area contributed by atoms with E-state index >= 15 is 0 Å². The summed E-state index contributed by atoms with van der Waals surface area (Å²) in [7, 11) is 0. The minimum Gasteiger partial charge on any atom is -0.379 e. The molecule has 2 aromatic carbocycles. The largest absolute Gasteiger partial charge is 0.379 e. The second kappa shape index (κ2) is 18.0. The summed E-state index contributed by atoms with van der Waals surface area (Å²) in [6.07, 6.45) is 4.35. The Morgan fingerprint density at radius 2 is 1.25 bits per heavy atom. The number of benzene rings is 2. The molecule has 4 amide bonds. The number of nitrogens with one attached hydrogen (secondary N) is 1. The number of fused-ring (bicyclic) bond motifs is 2. The Labute approximate surface area is 299 Å². The highest BCUT2D eigenvalue weighted by molar-refractivity contribution is 8.23. The number of carbonyl (C=O) groups is 4. The van der Waals surface area contributed by atoms with E-state index < -0.39 is 6.04 Å². The molecule has 0 radical (unpaired) electrons. The molecule has 0 atom stereocenters. The summed E-state index contributed by atoms with van der Waals surface area (Å²) in [4.78, 5) is 56.7. The van der Waals surface area contributed by atoms with Crippen LogP contribution in [0, 0.1) is 0 Å². The fourth-order valence-electron chi connectivity index (χ4n) is 5.44. The molecule has 254 valence electrons. The minimum atomic E-state index is -0.552. The summed E-state index contributed by atoms with van der Waals surface area (Å²) >= 11 is 13.4. The Morgan fingerprint density at radius 3 is 1.85 bits per heavy atom. The van der Waals surface area contributed by atoms with E-state index in [0.717, 1.165) is 33.9 Å². The van der Waals surface area contributed by atoms with Crippen LogP contribution in [0.25, 0.3) is 12.2 Å². The van der Waals surface area contributed by atoms with Crippen molar-refractivity contribution < 1.29 is 28.7 Å². The lowest BCUT2D eigenvalue weighted by atomic mass is 10.0. The number of amides is 4. The molecule has 5 rings (SSSR count). The Morgan fingerprint density at radius 1 is 0.708 bits per heavy atom. The van der Waals surface area contributed by atoms with Crippen molar-refractivity contribution in [1.29, 1.82) is 0 Å². The standard InChI is InChI=1S/C34H38N4O6S4/c39-29(11-12-30(40)38-21-26-7-2-1-5-24(26)9-10-25-6-3-4-8-28(25)38)35-27(22-43-17-13-31(41)36-15-19-47-33(36)45)23-44-18-14-32(42)37-16-20-48-34(37)46/h1-10,27H,11-23H2,(H,35,39)/b10-9-. The SMILES string of the molecule is O=C(CCC(=O)N1Cc2ccccc2/C=C\c2ccccc21)NC(COCCC(=O)N1CCSC1=S)COCCC(=O)N1CCSC1=S. The normalized spacial score (nSPS) is 16.4. The van der Waals surface area contributed by atoms with E-state index in [0.29, 0.717) is 28.3 Å². The molecule has 2 saturated heterocycles. The van der Waals surface area contributed by atoms with Crippen molar-refractivity contribution in [3.8, 4) is 0 Å². The van der Waals surface area contributed by atoms with E-state index in [2.05, 4.69) is 11.4 Å². The van der Waals surface area contributed by atoms with Crippen LogP contribution in [0.1, 0.15) is 42.4 Å². The van der Waals surface area contributed by atoms with Crippen molar-refractivity contribution in [3.05, 3.63) is 65.2 Å². The number of hydrogen-bond donors (Lipinski definition) is 1. The number of rotatable bonds is 14. The van der Waals surface area contributed by atoms with Gasteiger partial charge in [-0.15, -0.1) is 0 Å². The Balaban J connectivity index is 1.15.